The van der Waals surface area contributed by atoms with E-state index in [9.17, 15) is 14.4 Å². The van der Waals surface area contributed by atoms with Crippen LogP contribution in [-0.2, 0) is 22.6 Å². The number of Topliss-reactive ketones (excluding diaryl/α,β-unsaturated/α-hetero) is 1. The van der Waals surface area contributed by atoms with Gasteiger partial charge in [-0.15, -0.1) is 0 Å². The minimum absolute atomic E-state index is 0.0585. The zero-order valence-corrected chi connectivity index (χ0v) is 18.8. The number of esters is 2. The number of hydrogen-bond donors (Lipinski definition) is 1. The monoisotopic (exact) mass is 426 g/mol. The van der Waals surface area contributed by atoms with Crippen LogP contribution < -0.4 is 4.57 Å². The topological polar surface area (TPSA) is 94.3 Å². The van der Waals surface area contributed by atoms with Crippen LogP contribution in [0.5, 0.6) is 0 Å². The second-order valence-corrected chi connectivity index (χ2v) is 7.34. The third kappa shape index (κ3) is 3.85. The Labute approximate surface area is 180 Å². The number of carbonyl (C=O) groups is 3. The number of ketones is 1. The van der Waals surface area contributed by atoms with Crippen LogP contribution in [0.3, 0.4) is 0 Å². The normalized spacial score (nSPS) is 11.0. The number of aromatic nitrogens is 3. The second-order valence-electron chi connectivity index (χ2n) is 7.34. The Bertz CT molecular complexity index is 1190. The molecule has 0 aliphatic heterocycles. The number of nitrogens with one attached hydrogen (secondary N) is 1. The Hall–Kier alpha value is -3.42. The van der Waals surface area contributed by atoms with Crippen molar-refractivity contribution in [3.63, 3.8) is 0 Å². The number of aryl methyl sites for hydroxylation is 2. The molecule has 1 aromatic carbocycles. The first kappa shape index (κ1) is 22.3. The molecule has 2 aromatic heterocycles. The predicted molar refractivity (Wildman–Crippen MR) is 114 cm³/mol. The second kappa shape index (κ2) is 8.75. The van der Waals surface area contributed by atoms with E-state index in [1.54, 1.807) is 32.9 Å². The number of hydrogen-bond acceptors (Lipinski definition) is 5. The van der Waals surface area contributed by atoms with Crippen molar-refractivity contribution in [3.05, 3.63) is 52.1 Å². The first-order chi connectivity index (χ1) is 14.7. The molecule has 0 radical (unpaired) electrons. The molecule has 0 fully saturated rings. The van der Waals surface area contributed by atoms with Crippen LogP contribution in [-0.4, -0.2) is 41.0 Å². The summed E-state index contributed by atoms with van der Waals surface area (Å²) >= 11 is 0. The highest BCUT2D eigenvalue weighted by Gasteiger charge is 2.28. The molecule has 2 heterocycles. The first-order valence-electron chi connectivity index (χ1n) is 10.3. The van der Waals surface area contributed by atoms with Crippen molar-refractivity contribution in [2.75, 3.05) is 13.7 Å². The van der Waals surface area contributed by atoms with Gasteiger partial charge in [-0.2, -0.15) is 0 Å². The summed E-state index contributed by atoms with van der Waals surface area (Å²) in [6.07, 6.45) is 0. The molecule has 0 saturated carbocycles. The van der Waals surface area contributed by atoms with Gasteiger partial charge >= 0.3 is 11.9 Å². The van der Waals surface area contributed by atoms with Crippen molar-refractivity contribution in [2.24, 2.45) is 0 Å². The summed E-state index contributed by atoms with van der Waals surface area (Å²) in [4.78, 5) is 40.6. The Morgan fingerprint density at radius 3 is 2.42 bits per heavy atom. The highest BCUT2D eigenvalue weighted by atomic mass is 16.5. The molecule has 31 heavy (non-hydrogen) atoms. The van der Waals surface area contributed by atoms with Crippen molar-refractivity contribution in [2.45, 2.75) is 47.7 Å². The lowest BCUT2D eigenvalue weighted by molar-refractivity contribution is -0.674. The Kier molecular flexibility index (Phi) is 6.29. The third-order valence-corrected chi connectivity index (χ3v) is 5.57. The molecule has 1 N–H and O–H groups in total. The van der Waals surface area contributed by atoms with Gasteiger partial charge in [0.1, 0.15) is 0 Å². The van der Waals surface area contributed by atoms with Gasteiger partial charge in [-0.1, -0.05) is 0 Å². The number of methoxy groups -OCH3 is 1. The third-order valence-electron chi connectivity index (χ3n) is 5.57. The molecule has 164 valence electrons. The van der Waals surface area contributed by atoms with Gasteiger partial charge in [-0.25, -0.2) is 18.7 Å². The lowest BCUT2D eigenvalue weighted by Crippen LogP contribution is -2.35. The van der Waals surface area contributed by atoms with Crippen LogP contribution in [0.1, 0.15) is 62.1 Å². The zero-order chi connectivity index (χ0) is 22.9. The van der Waals surface area contributed by atoms with Gasteiger partial charge in [0.05, 0.1) is 37.1 Å². The van der Waals surface area contributed by atoms with Gasteiger partial charge in [0.25, 0.3) is 5.82 Å². The Balaban J connectivity index is 2.07. The van der Waals surface area contributed by atoms with Gasteiger partial charge in [0.15, 0.2) is 17.6 Å². The molecule has 0 saturated heterocycles. The number of nitrogens with zero attached hydrogens (tertiary/aromatic N) is 2. The molecule has 0 atom stereocenters. The first-order valence-corrected chi connectivity index (χ1v) is 10.3. The molecule has 0 aliphatic rings. The number of aromatic amines is 1. The molecule has 0 unspecified atom stereocenters. The fraction of sp³-hybridized carbons (Fsp3) is 0.391. The molecule has 0 amide bonds. The van der Waals surface area contributed by atoms with E-state index < -0.39 is 11.9 Å². The molecular weight excluding hydrogens is 398 g/mol. The molecule has 0 aliphatic carbocycles. The van der Waals surface area contributed by atoms with Gasteiger partial charge in [-0.3, -0.25) is 4.79 Å². The smallest absolute Gasteiger partial charge is 0.339 e. The fourth-order valence-corrected chi connectivity index (χ4v) is 4.06. The zero-order valence-electron chi connectivity index (χ0n) is 18.8. The number of benzene rings is 1. The maximum absolute atomic E-state index is 13.2. The number of carbonyl (C=O) groups excluding carboxylic acids is 3. The summed E-state index contributed by atoms with van der Waals surface area (Å²) in [5, 5.41) is 0. The molecule has 8 heteroatoms. The lowest BCUT2D eigenvalue weighted by atomic mass is 10.1. The van der Waals surface area contributed by atoms with Gasteiger partial charge < -0.3 is 14.5 Å². The van der Waals surface area contributed by atoms with Gasteiger partial charge in [0, 0.05) is 18.7 Å². The highest BCUT2D eigenvalue weighted by molar-refractivity contribution is 6.02. The van der Waals surface area contributed by atoms with E-state index in [1.807, 2.05) is 24.5 Å². The highest BCUT2D eigenvalue weighted by Crippen LogP contribution is 2.22. The maximum atomic E-state index is 13.2. The molecular formula is C23H28N3O5+. The number of H-pyrrole nitrogens is 1. The van der Waals surface area contributed by atoms with Crippen molar-refractivity contribution in [1.29, 1.82) is 0 Å². The average molecular weight is 426 g/mol. The minimum atomic E-state index is -0.476. The van der Waals surface area contributed by atoms with E-state index in [2.05, 4.69) is 9.55 Å². The summed E-state index contributed by atoms with van der Waals surface area (Å²) in [5.74, 6) is -0.153. The summed E-state index contributed by atoms with van der Waals surface area (Å²) < 4.78 is 13.9. The van der Waals surface area contributed by atoms with E-state index in [0.29, 0.717) is 34.7 Å². The van der Waals surface area contributed by atoms with Gasteiger partial charge in [-0.05, 0) is 45.4 Å². The quantitative estimate of drug-likeness (QED) is 0.356. The number of fused-ring (bicyclic) bond motifs is 1. The predicted octanol–water partition coefficient (Wildman–Crippen LogP) is 3.05. The van der Waals surface area contributed by atoms with E-state index >= 15 is 0 Å². The number of imidazole rings is 1. The molecule has 0 spiro atoms. The van der Waals surface area contributed by atoms with E-state index in [1.165, 1.54) is 7.11 Å². The van der Waals surface area contributed by atoms with Crippen LogP contribution in [0.25, 0.3) is 11.0 Å². The molecule has 0 bridgehead atoms. The fourth-order valence-electron chi connectivity index (χ4n) is 4.06. The summed E-state index contributed by atoms with van der Waals surface area (Å²) in [5.41, 5.74) is 4.05. The van der Waals surface area contributed by atoms with E-state index in [-0.39, 0.29) is 12.3 Å². The number of rotatable bonds is 7. The molecule has 3 rings (SSSR count). The van der Waals surface area contributed by atoms with Crippen molar-refractivity contribution in [3.8, 4) is 0 Å². The minimum Gasteiger partial charge on any atom is -0.465 e. The van der Waals surface area contributed by atoms with Crippen LogP contribution in [0.15, 0.2) is 18.2 Å². The van der Waals surface area contributed by atoms with Crippen LogP contribution in [0.4, 0.5) is 0 Å². The van der Waals surface area contributed by atoms with E-state index in [4.69, 9.17) is 9.47 Å². The standard InChI is InChI=1S/C23H27N3O5/c1-7-25-15(5)26(18-11-16(9-10-17(18)25)22(28)31-8-2)12-19(27)21-13(3)20(14(4)24-21)23(29)30-6/h9-11H,7-8,12H2,1-6H3/p+1. The maximum Gasteiger partial charge on any atom is 0.339 e. The van der Waals surface area contributed by atoms with Crippen molar-refractivity contribution < 1.29 is 28.4 Å². The lowest BCUT2D eigenvalue weighted by Gasteiger charge is -2.03. The summed E-state index contributed by atoms with van der Waals surface area (Å²) in [6.45, 7) is 10.3. The van der Waals surface area contributed by atoms with Crippen molar-refractivity contribution in [1.82, 2.24) is 9.55 Å². The Morgan fingerprint density at radius 1 is 1.10 bits per heavy atom. The van der Waals surface area contributed by atoms with Crippen LogP contribution in [0.2, 0.25) is 0 Å². The summed E-state index contributed by atoms with van der Waals surface area (Å²) in [7, 11) is 1.32. The molecule has 3 aromatic rings. The summed E-state index contributed by atoms with van der Waals surface area (Å²) in [6, 6.07) is 5.37. The largest absolute Gasteiger partial charge is 0.465 e. The SMILES string of the molecule is CCOC(=O)c1ccc2c(c1)n(CC(=O)c1[nH]c(C)c(C(=O)OC)c1C)c(C)[n+]2CC. The van der Waals surface area contributed by atoms with Gasteiger partial charge in [0.2, 0.25) is 5.78 Å². The van der Waals surface area contributed by atoms with Crippen LogP contribution in [0, 0.1) is 20.8 Å². The number of ether oxygens (including phenoxy) is 2. The Morgan fingerprint density at radius 2 is 1.81 bits per heavy atom. The van der Waals surface area contributed by atoms with Crippen molar-refractivity contribution >= 4 is 28.8 Å². The average Bonchev–Trinajstić information content (AvgIpc) is 3.19. The van der Waals surface area contributed by atoms with Crippen LogP contribution >= 0.6 is 0 Å². The molecule has 8 nitrogen and oxygen atoms in total. The van der Waals surface area contributed by atoms with E-state index in [0.717, 1.165) is 23.4 Å².